The predicted molar refractivity (Wildman–Crippen MR) is 104 cm³/mol. The van der Waals surface area contributed by atoms with E-state index in [1.165, 1.54) is 6.42 Å². The van der Waals surface area contributed by atoms with E-state index in [1.807, 2.05) is 6.92 Å². The molecule has 1 saturated carbocycles. The number of nitrogens with one attached hydrogen (secondary N) is 1. The number of nitrogens with zero attached hydrogens (tertiary/aromatic N) is 1. The van der Waals surface area contributed by atoms with Crippen LogP contribution in [0.4, 0.5) is 0 Å². The van der Waals surface area contributed by atoms with Crippen molar-refractivity contribution in [3.8, 4) is 11.5 Å². The van der Waals surface area contributed by atoms with Gasteiger partial charge in [-0.2, -0.15) is 5.10 Å². The monoisotopic (exact) mass is 410 g/mol. The van der Waals surface area contributed by atoms with Crippen LogP contribution in [0.25, 0.3) is 0 Å². The topological polar surface area (TPSA) is 59.9 Å². The molecule has 0 radical (unpaired) electrons. The van der Waals surface area contributed by atoms with E-state index in [4.69, 9.17) is 9.47 Å². The highest BCUT2D eigenvalue weighted by molar-refractivity contribution is 9.10. The second-order valence-corrected chi connectivity index (χ2v) is 8.25. The van der Waals surface area contributed by atoms with E-state index in [-0.39, 0.29) is 11.3 Å². The minimum atomic E-state index is -0.259. The molecule has 0 spiro atoms. The zero-order chi connectivity index (χ0) is 18.6. The molecule has 1 aliphatic rings. The fourth-order valence-corrected chi connectivity index (χ4v) is 4.09. The van der Waals surface area contributed by atoms with E-state index in [2.05, 4.69) is 47.2 Å². The largest absolute Gasteiger partial charge is 0.493 e. The van der Waals surface area contributed by atoms with Crippen LogP contribution in [0, 0.1) is 11.3 Å². The lowest BCUT2D eigenvalue weighted by atomic mass is 9.72. The Morgan fingerprint density at radius 3 is 2.76 bits per heavy atom. The quantitative estimate of drug-likeness (QED) is 0.709. The van der Waals surface area contributed by atoms with Gasteiger partial charge in [0.15, 0.2) is 11.5 Å². The van der Waals surface area contributed by atoms with Crippen LogP contribution in [0.15, 0.2) is 21.7 Å². The van der Waals surface area contributed by atoms with Gasteiger partial charge in [0.25, 0.3) is 5.91 Å². The zero-order valence-electron chi connectivity index (χ0n) is 15.6. The van der Waals surface area contributed by atoms with Crippen LogP contribution in [0.5, 0.6) is 11.5 Å². The third kappa shape index (κ3) is 5.21. The van der Waals surface area contributed by atoms with Gasteiger partial charge < -0.3 is 9.47 Å². The van der Waals surface area contributed by atoms with Crippen LogP contribution in [0.3, 0.4) is 0 Å². The van der Waals surface area contributed by atoms with Gasteiger partial charge >= 0.3 is 0 Å². The molecule has 5 nitrogen and oxygen atoms in total. The van der Waals surface area contributed by atoms with Crippen molar-refractivity contribution >= 4 is 27.5 Å². The summed E-state index contributed by atoms with van der Waals surface area (Å²) in [5, 5.41) is 4.38. The Balaban J connectivity index is 2.15. The Labute approximate surface area is 158 Å². The fraction of sp³-hybridized carbons (Fsp3) is 0.579. The number of hydrazone groups is 1. The van der Waals surface area contributed by atoms with Crippen LogP contribution in [-0.2, 0) is 0 Å². The molecule has 1 aromatic carbocycles. The van der Waals surface area contributed by atoms with Crippen LogP contribution < -0.4 is 14.9 Å². The molecule has 1 amide bonds. The van der Waals surface area contributed by atoms with E-state index in [0.29, 0.717) is 34.1 Å². The maximum atomic E-state index is 12.5. The molecule has 0 bridgehead atoms. The Kier molecular flexibility index (Phi) is 6.49. The van der Waals surface area contributed by atoms with Crippen molar-refractivity contribution in [2.45, 2.75) is 47.0 Å². The molecule has 25 heavy (non-hydrogen) atoms. The number of carbonyl (C=O) groups excluding carboxylic acids is 1. The number of hydrogen-bond donors (Lipinski definition) is 1. The number of carbonyl (C=O) groups is 1. The van der Waals surface area contributed by atoms with Crippen molar-refractivity contribution in [2.75, 3.05) is 13.7 Å². The maximum absolute atomic E-state index is 12.5. The summed E-state index contributed by atoms with van der Waals surface area (Å²) in [5.41, 5.74) is 4.44. The van der Waals surface area contributed by atoms with Gasteiger partial charge in [0.1, 0.15) is 0 Å². The number of ether oxygens (including phenoxy) is 2. The van der Waals surface area contributed by atoms with E-state index in [9.17, 15) is 4.79 Å². The van der Waals surface area contributed by atoms with Gasteiger partial charge in [-0.15, -0.1) is 0 Å². The molecule has 138 valence electrons. The highest BCUT2D eigenvalue weighted by Crippen LogP contribution is 2.38. The second-order valence-electron chi connectivity index (χ2n) is 7.40. The van der Waals surface area contributed by atoms with Crippen molar-refractivity contribution in [3.63, 3.8) is 0 Å². The molecule has 1 aromatic rings. The Morgan fingerprint density at radius 1 is 1.44 bits per heavy atom. The standard InChI is InChI=1S/C19H27BrN2O3/c1-6-25-17-15(20)8-13(9-16(17)24-5)18(23)22-21-14-7-12(2)10-19(3,4)11-14/h8-9,12H,6-7,10-11H2,1-5H3,(H,22,23)/b21-14-/t12-/m1/s1. The Morgan fingerprint density at radius 2 is 2.16 bits per heavy atom. The highest BCUT2D eigenvalue weighted by atomic mass is 79.9. The normalized spacial score (nSPS) is 21.0. The average molecular weight is 411 g/mol. The van der Waals surface area contributed by atoms with Gasteiger partial charge in [-0.05, 0) is 65.6 Å². The Hall–Kier alpha value is -1.56. The first-order chi connectivity index (χ1) is 11.8. The average Bonchev–Trinajstić information content (AvgIpc) is 2.52. The summed E-state index contributed by atoms with van der Waals surface area (Å²) < 4.78 is 11.6. The molecular formula is C19H27BrN2O3. The summed E-state index contributed by atoms with van der Waals surface area (Å²) in [6.07, 6.45) is 3.02. The molecule has 1 aliphatic carbocycles. The van der Waals surface area contributed by atoms with Crippen molar-refractivity contribution in [1.29, 1.82) is 0 Å². The summed E-state index contributed by atoms with van der Waals surface area (Å²) in [4.78, 5) is 12.5. The van der Waals surface area contributed by atoms with Crippen LogP contribution in [0.2, 0.25) is 0 Å². The smallest absolute Gasteiger partial charge is 0.271 e. The molecule has 0 saturated heterocycles. The van der Waals surface area contributed by atoms with Crippen molar-refractivity contribution in [2.24, 2.45) is 16.4 Å². The molecule has 1 N–H and O–H groups in total. The first kappa shape index (κ1) is 19.8. The van der Waals surface area contributed by atoms with E-state index >= 15 is 0 Å². The Bertz CT molecular complexity index is 671. The van der Waals surface area contributed by atoms with Crippen LogP contribution in [-0.4, -0.2) is 25.3 Å². The lowest BCUT2D eigenvalue weighted by Gasteiger charge is -2.34. The van der Waals surface area contributed by atoms with Gasteiger partial charge in [-0.3, -0.25) is 4.79 Å². The third-order valence-corrected chi connectivity index (χ3v) is 4.85. The van der Waals surface area contributed by atoms with Gasteiger partial charge in [-0.25, -0.2) is 5.43 Å². The summed E-state index contributed by atoms with van der Waals surface area (Å²) >= 11 is 3.44. The number of rotatable bonds is 5. The minimum Gasteiger partial charge on any atom is -0.493 e. The number of hydrogen-bond acceptors (Lipinski definition) is 4. The first-order valence-electron chi connectivity index (χ1n) is 8.62. The summed E-state index contributed by atoms with van der Waals surface area (Å²) in [5.74, 6) is 1.43. The van der Waals surface area contributed by atoms with Crippen molar-refractivity contribution < 1.29 is 14.3 Å². The second kappa shape index (κ2) is 8.21. The van der Waals surface area contributed by atoms with Crippen molar-refractivity contribution in [3.05, 3.63) is 22.2 Å². The summed E-state index contributed by atoms with van der Waals surface area (Å²) in [6, 6.07) is 3.38. The molecule has 0 aromatic heterocycles. The summed E-state index contributed by atoms with van der Waals surface area (Å²) in [6.45, 7) is 9.13. The molecule has 0 heterocycles. The number of benzene rings is 1. The van der Waals surface area contributed by atoms with Gasteiger partial charge in [0.2, 0.25) is 0 Å². The number of halogens is 1. The van der Waals surface area contributed by atoms with E-state index in [1.54, 1.807) is 19.2 Å². The van der Waals surface area contributed by atoms with E-state index < -0.39 is 0 Å². The number of methoxy groups -OCH3 is 1. The van der Waals surface area contributed by atoms with Gasteiger partial charge in [-0.1, -0.05) is 20.8 Å². The minimum absolute atomic E-state index is 0.229. The third-order valence-electron chi connectivity index (χ3n) is 4.26. The molecule has 1 fully saturated rings. The molecule has 1 atom stereocenters. The molecule has 0 aliphatic heterocycles. The zero-order valence-corrected chi connectivity index (χ0v) is 17.2. The summed E-state index contributed by atoms with van der Waals surface area (Å²) in [7, 11) is 1.55. The van der Waals surface area contributed by atoms with Gasteiger partial charge in [0.05, 0.1) is 18.2 Å². The van der Waals surface area contributed by atoms with Crippen molar-refractivity contribution in [1.82, 2.24) is 5.43 Å². The van der Waals surface area contributed by atoms with E-state index in [0.717, 1.165) is 18.6 Å². The van der Waals surface area contributed by atoms with Crippen LogP contribution >= 0.6 is 15.9 Å². The van der Waals surface area contributed by atoms with Gasteiger partial charge in [0, 0.05) is 11.3 Å². The SMILES string of the molecule is CCOc1c(Br)cc(C(=O)N/N=C2/C[C@@H](C)CC(C)(C)C2)cc1OC. The predicted octanol–water partition coefficient (Wildman–Crippen LogP) is 4.79. The molecule has 6 heteroatoms. The molecule has 2 rings (SSSR count). The fourth-order valence-electron chi connectivity index (χ4n) is 3.53. The lowest BCUT2D eigenvalue weighted by molar-refractivity contribution is 0.0953. The van der Waals surface area contributed by atoms with Crippen LogP contribution in [0.1, 0.15) is 57.3 Å². The maximum Gasteiger partial charge on any atom is 0.271 e. The first-order valence-corrected chi connectivity index (χ1v) is 9.41. The number of amides is 1. The highest BCUT2D eigenvalue weighted by Gasteiger charge is 2.29. The molecule has 0 unspecified atom stereocenters. The molecular weight excluding hydrogens is 384 g/mol. The lowest BCUT2D eigenvalue weighted by Crippen LogP contribution is -2.30.